The molecular formula is C28H44N4O. The molecule has 0 spiro atoms. The van der Waals surface area contributed by atoms with Gasteiger partial charge in [-0.2, -0.15) is 0 Å². The Kier molecular flexibility index (Phi) is 8.48. The van der Waals surface area contributed by atoms with Crippen molar-refractivity contribution in [3.05, 3.63) is 36.0 Å². The van der Waals surface area contributed by atoms with E-state index >= 15 is 0 Å². The summed E-state index contributed by atoms with van der Waals surface area (Å²) in [6, 6.07) is 10.0. The first-order valence-corrected chi connectivity index (χ1v) is 13.4. The van der Waals surface area contributed by atoms with Crippen LogP contribution in [0, 0.1) is 11.8 Å². The molecule has 33 heavy (non-hydrogen) atoms. The van der Waals surface area contributed by atoms with Crippen molar-refractivity contribution in [2.75, 3.05) is 19.6 Å². The highest BCUT2D eigenvalue weighted by molar-refractivity contribution is 5.85. The third-order valence-corrected chi connectivity index (χ3v) is 8.25. The minimum absolute atomic E-state index is 0.126. The van der Waals surface area contributed by atoms with Crippen LogP contribution in [0.25, 0.3) is 10.9 Å². The molecule has 1 amide bonds. The average molecular weight is 453 g/mol. The summed E-state index contributed by atoms with van der Waals surface area (Å²) in [7, 11) is 0. The van der Waals surface area contributed by atoms with Gasteiger partial charge in [-0.1, -0.05) is 32.0 Å². The first-order valence-electron chi connectivity index (χ1n) is 13.4. The second kappa shape index (κ2) is 11.5. The largest absolute Gasteiger partial charge is 0.352 e. The maximum absolute atomic E-state index is 12.2. The fourth-order valence-corrected chi connectivity index (χ4v) is 6.09. The number of hydrogen-bond donors (Lipinski definition) is 2. The molecule has 0 radical (unpaired) electrons. The van der Waals surface area contributed by atoms with Crippen LogP contribution in [0.2, 0.25) is 0 Å². The maximum atomic E-state index is 12.2. The minimum Gasteiger partial charge on any atom is -0.352 e. The van der Waals surface area contributed by atoms with Crippen molar-refractivity contribution >= 4 is 16.8 Å². The maximum Gasteiger partial charge on any atom is 0.220 e. The molecule has 5 nitrogen and oxygen atoms in total. The van der Waals surface area contributed by atoms with Crippen LogP contribution in [-0.4, -0.2) is 41.1 Å². The fraction of sp³-hybridized carbons (Fsp3) is 0.679. The van der Waals surface area contributed by atoms with Crippen molar-refractivity contribution in [1.82, 2.24) is 14.8 Å². The van der Waals surface area contributed by atoms with Crippen LogP contribution in [0.1, 0.15) is 83.2 Å². The van der Waals surface area contributed by atoms with Gasteiger partial charge < -0.3 is 20.5 Å². The molecule has 1 aliphatic heterocycles. The second-order valence-corrected chi connectivity index (χ2v) is 10.7. The van der Waals surface area contributed by atoms with Crippen molar-refractivity contribution in [2.24, 2.45) is 17.6 Å². The van der Waals surface area contributed by atoms with Crippen LogP contribution in [0.3, 0.4) is 0 Å². The number of aromatic nitrogens is 1. The quantitative estimate of drug-likeness (QED) is 0.512. The first kappa shape index (κ1) is 24.3. The van der Waals surface area contributed by atoms with Gasteiger partial charge in [0.1, 0.15) is 0 Å². The van der Waals surface area contributed by atoms with E-state index in [2.05, 4.69) is 59.1 Å². The molecule has 182 valence electrons. The molecule has 3 N–H and O–H groups in total. The number of likely N-dealkylation sites (tertiary alicyclic amines) is 1. The van der Waals surface area contributed by atoms with E-state index in [1.54, 1.807) is 0 Å². The lowest BCUT2D eigenvalue weighted by Gasteiger charge is -2.42. The zero-order valence-corrected chi connectivity index (χ0v) is 20.8. The number of rotatable bonds is 9. The van der Waals surface area contributed by atoms with Gasteiger partial charge in [-0.05, 0) is 81.4 Å². The third-order valence-electron chi connectivity index (χ3n) is 8.25. The van der Waals surface area contributed by atoms with E-state index < -0.39 is 0 Å². The molecule has 2 heterocycles. The molecule has 1 aromatic carbocycles. The van der Waals surface area contributed by atoms with Crippen LogP contribution in [0.15, 0.2) is 30.5 Å². The van der Waals surface area contributed by atoms with Gasteiger partial charge in [-0.3, -0.25) is 4.79 Å². The third kappa shape index (κ3) is 5.99. The fourth-order valence-electron chi connectivity index (χ4n) is 6.09. The molecule has 5 heteroatoms. The summed E-state index contributed by atoms with van der Waals surface area (Å²) in [6.45, 7) is 8.45. The highest BCUT2D eigenvalue weighted by Crippen LogP contribution is 2.35. The number of fused-ring (bicyclic) bond motifs is 1. The van der Waals surface area contributed by atoms with Crippen LogP contribution in [-0.2, 0) is 11.3 Å². The molecule has 2 fully saturated rings. The number of piperidine rings is 1. The Labute approximate surface area is 200 Å². The Balaban J connectivity index is 1.36. The topological polar surface area (TPSA) is 63.3 Å². The van der Waals surface area contributed by atoms with Crippen LogP contribution < -0.4 is 11.1 Å². The van der Waals surface area contributed by atoms with Crippen LogP contribution in [0.4, 0.5) is 0 Å². The SMILES string of the molecule is CC(C)C1CCC(N2CCC(n3cc(CNC(=O)CCCCN)c4ccccc43)CC2)CC1. The van der Waals surface area contributed by atoms with Crippen molar-refractivity contribution in [3.8, 4) is 0 Å². The van der Waals surface area contributed by atoms with Gasteiger partial charge in [0, 0.05) is 55.2 Å². The van der Waals surface area contributed by atoms with Gasteiger partial charge >= 0.3 is 0 Å². The smallest absolute Gasteiger partial charge is 0.220 e. The predicted octanol–water partition coefficient (Wildman–Crippen LogP) is 5.24. The normalized spacial score (nSPS) is 22.8. The Morgan fingerprint density at radius 2 is 1.76 bits per heavy atom. The number of nitrogens with zero attached hydrogens (tertiary/aromatic N) is 2. The van der Waals surface area contributed by atoms with Gasteiger partial charge in [0.2, 0.25) is 5.91 Å². The summed E-state index contributed by atoms with van der Waals surface area (Å²) in [5, 5.41) is 4.40. The van der Waals surface area contributed by atoms with E-state index in [1.807, 2.05) is 0 Å². The summed E-state index contributed by atoms with van der Waals surface area (Å²) in [5.41, 5.74) is 8.08. The molecule has 2 aliphatic rings. The molecular weight excluding hydrogens is 408 g/mol. The van der Waals surface area contributed by atoms with E-state index in [4.69, 9.17) is 5.73 Å². The summed E-state index contributed by atoms with van der Waals surface area (Å²) in [6.07, 6.45) is 12.7. The van der Waals surface area contributed by atoms with Gasteiger partial charge in [0.15, 0.2) is 0 Å². The van der Waals surface area contributed by atoms with Crippen molar-refractivity contribution < 1.29 is 4.79 Å². The first-order chi connectivity index (χ1) is 16.1. The molecule has 0 atom stereocenters. The van der Waals surface area contributed by atoms with Crippen molar-refractivity contribution in [1.29, 1.82) is 0 Å². The Hall–Kier alpha value is -1.85. The molecule has 1 saturated heterocycles. The van der Waals surface area contributed by atoms with Crippen LogP contribution >= 0.6 is 0 Å². The van der Waals surface area contributed by atoms with E-state index in [1.165, 1.54) is 68.1 Å². The zero-order valence-electron chi connectivity index (χ0n) is 20.8. The molecule has 0 unspecified atom stereocenters. The zero-order chi connectivity index (χ0) is 23.2. The van der Waals surface area contributed by atoms with Gasteiger partial charge in [-0.25, -0.2) is 0 Å². The number of carbonyl (C=O) groups is 1. The van der Waals surface area contributed by atoms with Gasteiger partial charge in [-0.15, -0.1) is 0 Å². The number of carbonyl (C=O) groups excluding carboxylic acids is 1. The highest BCUT2D eigenvalue weighted by atomic mass is 16.1. The lowest BCUT2D eigenvalue weighted by molar-refractivity contribution is -0.121. The predicted molar refractivity (Wildman–Crippen MR) is 137 cm³/mol. The van der Waals surface area contributed by atoms with Crippen molar-refractivity contribution in [2.45, 2.75) is 90.3 Å². The summed E-state index contributed by atoms with van der Waals surface area (Å²) in [4.78, 5) is 15.0. The number of amides is 1. The van der Waals surface area contributed by atoms with Gasteiger partial charge in [0.25, 0.3) is 0 Å². The molecule has 0 bridgehead atoms. The second-order valence-electron chi connectivity index (χ2n) is 10.7. The number of benzene rings is 1. The summed E-state index contributed by atoms with van der Waals surface area (Å²) < 4.78 is 2.50. The summed E-state index contributed by atoms with van der Waals surface area (Å²) in [5.74, 6) is 1.90. The number of nitrogens with two attached hydrogens (primary N) is 1. The minimum atomic E-state index is 0.126. The number of unbranched alkanes of at least 4 members (excludes halogenated alkanes) is 1. The van der Waals surface area contributed by atoms with Crippen molar-refractivity contribution in [3.63, 3.8) is 0 Å². The molecule has 1 aromatic heterocycles. The standard InChI is InChI=1S/C28H44N4O/c1-21(2)22-10-12-24(13-11-22)31-17-14-25(15-18-31)32-20-23(26-7-3-4-8-27(26)32)19-30-28(33)9-5-6-16-29/h3-4,7-8,20-22,24-25H,5-6,9-19,29H2,1-2H3,(H,30,33). The monoisotopic (exact) mass is 452 g/mol. The lowest BCUT2D eigenvalue weighted by Crippen LogP contribution is -2.43. The van der Waals surface area contributed by atoms with Crippen LogP contribution in [0.5, 0.6) is 0 Å². The highest BCUT2D eigenvalue weighted by Gasteiger charge is 2.30. The Bertz CT molecular complexity index is 888. The van der Waals surface area contributed by atoms with E-state index in [9.17, 15) is 4.79 Å². The molecule has 1 saturated carbocycles. The Morgan fingerprint density at radius 3 is 2.45 bits per heavy atom. The number of hydrogen-bond acceptors (Lipinski definition) is 3. The molecule has 1 aliphatic carbocycles. The van der Waals surface area contributed by atoms with Gasteiger partial charge in [0.05, 0.1) is 0 Å². The van der Waals surface area contributed by atoms with E-state index in [0.717, 1.165) is 30.7 Å². The Morgan fingerprint density at radius 1 is 1.03 bits per heavy atom. The van der Waals surface area contributed by atoms with E-state index in [-0.39, 0.29) is 5.91 Å². The summed E-state index contributed by atoms with van der Waals surface area (Å²) >= 11 is 0. The molecule has 2 aromatic rings. The number of nitrogens with one attached hydrogen (secondary N) is 1. The van der Waals surface area contributed by atoms with E-state index in [0.29, 0.717) is 25.6 Å². The molecule has 4 rings (SSSR count). The average Bonchev–Trinajstić information content (AvgIpc) is 3.22. The number of para-hydroxylation sites is 1. The lowest BCUT2D eigenvalue weighted by atomic mass is 9.79.